The first-order valence-electron chi connectivity index (χ1n) is 9.01. The third kappa shape index (κ3) is 4.01. The molecule has 8 heteroatoms. The van der Waals surface area contributed by atoms with Crippen molar-refractivity contribution in [3.05, 3.63) is 33.9 Å². The van der Waals surface area contributed by atoms with Crippen LogP contribution in [-0.4, -0.2) is 41.3 Å². The zero-order chi connectivity index (χ0) is 18.5. The molecule has 1 saturated carbocycles. The third-order valence-electron chi connectivity index (χ3n) is 5.21. The predicted molar refractivity (Wildman–Crippen MR) is 93.8 cm³/mol. The molecule has 1 heterocycles. The lowest BCUT2D eigenvalue weighted by molar-refractivity contribution is -0.386. The Labute approximate surface area is 151 Å². The van der Waals surface area contributed by atoms with E-state index in [1.54, 1.807) is 0 Å². The van der Waals surface area contributed by atoms with Crippen molar-refractivity contribution in [2.24, 2.45) is 5.92 Å². The molecule has 1 saturated heterocycles. The van der Waals surface area contributed by atoms with Crippen LogP contribution < -0.4 is 10.2 Å². The summed E-state index contributed by atoms with van der Waals surface area (Å²) in [5.74, 6) is 0.204. The van der Waals surface area contributed by atoms with E-state index in [9.17, 15) is 19.7 Å². The van der Waals surface area contributed by atoms with E-state index in [1.165, 1.54) is 43.9 Å². The lowest BCUT2D eigenvalue weighted by Gasteiger charge is -2.43. The van der Waals surface area contributed by atoms with Crippen LogP contribution in [0.2, 0.25) is 0 Å². The molecule has 3 rings (SSSR count). The maximum atomic E-state index is 12.3. The van der Waals surface area contributed by atoms with Crippen molar-refractivity contribution in [3.63, 3.8) is 0 Å². The van der Waals surface area contributed by atoms with Crippen LogP contribution in [0, 0.1) is 16.0 Å². The smallest absolute Gasteiger partial charge is 0.321 e. The van der Waals surface area contributed by atoms with Gasteiger partial charge in [0.25, 0.3) is 5.91 Å². The number of nitrogens with zero attached hydrogens (tertiary/aromatic N) is 2. The normalized spacial score (nSPS) is 22.9. The number of hydrogen-bond acceptors (Lipinski definition) is 6. The summed E-state index contributed by atoms with van der Waals surface area (Å²) in [5.41, 5.74) is 2.40. The second-order valence-electron chi connectivity index (χ2n) is 6.84. The monoisotopic (exact) mass is 361 g/mol. The van der Waals surface area contributed by atoms with E-state index >= 15 is 0 Å². The molecule has 2 atom stereocenters. The van der Waals surface area contributed by atoms with Crippen LogP contribution in [0.3, 0.4) is 0 Å². The van der Waals surface area contributed by atoms with E-state index in [4.69, 9.17) is 4.74 Å². The van der Waals surface area contributed by atoms with Crippen molar-refractivity contribution in [1.82, 2.24) is 10.4 Å². The number of hydrazine groups is 1. The SMILES string of the molecule is O=Cc1cccc(OCC(=O)NN2CCCC3CCCCC32)c1[N+](=O)[O-]. The number of piperidine rings is 1. The molecule has 2 fully saturated rings. The van der Waals surface area contributed by atoms with Crippen LogP contribution >= 0.6 is 0 Å². The largest absolute Gasteiger partial charge is 0.477 e. The van der Waals surface area contributed by atoms with Gasteiger partial charge in [-0.1, -0.05) is 18.9 Å². The van der Waals surface area contributed by atoms with Crippen molar-refractivity contribution in [3.8, 4) is 5.75 Å². The highest BCUT2D eigenvalue weighted by Gasteiger charge is 2.34. The molecule has 8 nitrogen and oxygen atoms in total. The molecule has 1 N–H and O–H groups in total. The Morgan fingerprint density at radius 2 is 2.08 bits per heavy atom. The first-order chi connectivity index (χ1) is 12.6. The fraction of sp³-hybridized carbons (Fsp3) is 0.556. The average molecular weight is 361 g/mol. The number of nitrogens with one attached hydrogen (secondary N) is 1. The molecule has 0 radical (unpaired) electrons. The van der Waals surface area contributed by atoms with Crippen LogP contribution in [0.25, 0.3) is 0 Å². The van der Waals surface area contributed by atoms with Gasteiger partial charge in [0.1, 0.15) is 0 Å². The summed E-state index contributed by atoms with van der Waals surface area (Å²) in [5, 5.41) is 13.2. The number of rotatable bonds is 6. The number of benzene rings is 1. The first-order valence-corrected chi connectivity index (χ1v) is 9.01. The number of carbonyl (C=O) groups excluding carboxylic acids is 2. The molecule has 1 aliphatic carbocycles. The molecule has 0 bridgehead atoms. The van der Waals surface area contributed by atoms with Gasteiger partial charge in [0.2, 0.25) is 0 Å². The first kappa shape index (κ1) is 18.3. The Kier molecular flexibility index (Phi) is 5.82. The van der Waals surface area contributed by atoms with Crippen LogP contribution in [0.15, 0.2) is 18.2 Å². The van der Waals surface area contributed by atoms with Crippen LogP contribution in [0.4, 0.5) is 5.69 Å². The van der Waals surface area contributed by atoms with E-state index in [1.807, 2.05) is 5.01 Å². The van der Waals surface area contributed by atoms with Crippen LogP contribution in [0.1, 0.15) is 48.9 Å². The minimum atomic E-state index is -0.672. The number of nitro benzene ring substituents is 1. The van der Waals surface area contributed by atoms with E-state index in [0.717, 1.165) is 19.4 Å². The molecular weight excluding hydrogens is 338 g/mol. The topological polar surface area (TPSA) is 102 Å². The molecule has 2 unspecified atom stereocenters. The van der Waals surface area contributed by atoms with Gasteiger partial charge in [0.15, 0.2) is 18.6 Å². The van der Waals surface area contributed by atoms with Gasteiger partial charge in [0, 0.05) is 12.6 Å². The number of amides is 1. The van der Waals surface area contributed by atoms with E-state index in [0.29, 0.717) is 18.2 Å². The number of ether oxygens (including phenoxy) is 1. The highest BCUT2D eigenvalue weighted by Crippen LogP contribution is 2.34. The number of carbonyl (C=O) groups is 2. The molecule has 140 valence electrons. The number of hydrogen-bond donors (Lipinski definition) is 1. The molecular formula is C18H23N3O5. The average Bonchev–Trinajstić information content (AvgIpc) is 2.66. The van der Waals surface area contributed by atoms with Crippen molar-refractivity contribution >= 4 is 17.9 Å². The van der Waals surface area contributed by atoms with Crippen LogP contribution in [-0.2, 0) is 4.79 Å². The third-order valence-corrected chi connectivity index (χ3v) is 5.21. The highest BCUT2D eigenvalue weighted by molar-refractivity contribution is 5.84. The number of fused-ring (bicyclic) bond motifs is 1. The zero-order valence-electron chi connectivity index (χ0n) is 14.6. The van der Waals surface area contributed by atoms with E-state index < -0.39 is 10.6 Å². The van der Waals surface area contributed by atoms with Gasteiger partial charge in [-0.3, -0.25) is 25.1 Å². The summed E-state index contributed by atoms with van der Waals surface area (Å²) in [6.07, 6.45) is 7.38. The number of para-hydroxylation sites is 1. The Balaban J connectivity index is 1.61. The lowest BCUT2D eigenvalue weighted by atomic mass is 9.79. The maximum Gasteiger partial charge on any atom is 0.321 e. The maximum absolute atomic E-state index is 12.3. The predicted octanol–water partition coefficient (Wildman–Crippen LogP) is 2.47. The summed E-state index contributed by atoms with van der Waals surface area (Å²) in [7, 11) is 0. The van der Waals surface area contributed by atoms with Gasteiger partial charge in [-0.2, -0.15) is 0 Å². The Morgan fingerprint density at radius 1 is 1.31 bits per heavy atom. The van der Waals surface area contributed by atoms with E-state index in [-0.39, 0.29) is 23.8 Å². The number of nitro groups is 1. The molecule has 0 aromatic heterocycles. The molecule has 1 aromatic carbocycles. The van der Waals surface area contributed by atoms with Crippen molar-refractivity contribution in [2.45, 2.75) is 44.6 Å². The highest BCUT2D eigenvalue weighted by atomic mass is 16.6. The van der Waals surface area contributed by atoms with Gasteiger partial charge >= 0.3 is 5.69 Å². The van der Waals surface area contributed by atoms with E-state index in [2.05, 4.69) is 5.43 Å². The Hall–Kier alpha value is -2.48. The summed E-state index contributed by atoms with van der Waals surface area (Å²) in [6.45, 7) is 0.477. The molecule has 2 aliphatic rings. The second-order valence-corrected chi connectivity index (χ2v) is 6.84. The minimum Gasteiger partial charge on any atom is -0.477 e. The fourth-order valence-corrected chi connectivity index (χ4v) is 4.05. The second kappa shape index (κ2) is 8.27. The summed E-state index contributed by atoms with van der Waals surface area (Å²) >= 11 is 0. The quantitative estimate of drug-likeness (QED) is 0.474. The number of aldehydes is 1. The summed E-state index contributed by atoms with van der Waals surface area (Å²) < 4.78 is 5.34. The van der Waals surface area contributed by atoms with Gasteiger partial charge in [-0.25, -0.2) is 5.01 Å². The lowest BCUT2D eigenvalue weighted by Crippen LogP contribution is -2.55. The fourth-order valence-electron chi connectivity index (χ4n) is 4.05. The standard InChI is InChI=1S/C18H23N3O5/c22-11-14-6-3-9-16(18(14)21(24)25)26-12-17(23)19-20-10-4-7-13-5-1-2-8-15(13)20/h3,6,9,11,13,15H,1-2,4-5,7-8,10,12H2,(H,19,23). The Bertz CT molecular complexity index is 691. The van der Waals surface area contributed by atoms with Crippen molar-refractivity contribution in [1.29, 1.82) is 0 Å². The van der Waals surface area contributed by atoms with Gasteiger partial charge in [-0.05, 0) is 43.7 Å². The molecule has 1 aliphatic heterocycles. The van der Waals surface area contributed by atoms with Gasteiger partial charge in [-0.15, -0.1) is 0 Å². The zero-order valence-corrected chi connectivity index (χ0v) is 14.6. The van der Waals surface area contributed by atoms with Crippen molar-refractivity contribution < 1.29 is 19.2 Å². The summed E-state index contributed by atoms with van der Waals surface area (Å²) in [6, 6.07) is 4.58. The van der Waals surface area contributed by atoms with Gasteiger partial charge in [0.05, 0.1) is 10.5 Å². The minimum absolute atomic E-state index is 0.0750. The molecule has 1 amide bonds. The molecule has 26 heavy (non-hydrogen) atoms. The van der Waals surface area contributed by atoms with Crippen molar-refractivity contribution in [2.75, 3.05) is 13.2 Å². The van der Waals surface area contributed by atoms with Gasteiger partial charge < -0.3 is 4.74 Å². The molecule has 0 spiro atoms. The van der Waals surface area contributed by atoms with Crippen LogP contribution in [0.5, 0.6) is 5.75 Å². The Morgan fingerprint density at radius 3 is 2.85 bits per heavy atom. The molecule has 1 aromatic rings. The summed E-state index contributed by atoms with van der Waals surface area (Å²) in [4.78, 5) is 33.8.